The smallest absolute Gasteiger partial charge is 0.410 e. The zero-order valence-electron chi connectivity index (χ0n) is 11.4. The molecule has 0 bridgehead atoms. The van der Waals surface area contributed by atoms with Gasteiger partial charge in [0.05, 0.1) is 5.16 Å². The number of likely N-dealkylation sites (tertiary alicyclic amines) is 1. The summed E-state index contributed by atoms with van der Waals surface area (Å²) in [4.78, 5) is 17.6. The molecule has 0 saturated carbocycles. The summed E-state index contributed by atoms with van der Waals surface area (Å²) in [5.41, 5.74) is -0.415. The fourth-order valence-corrected chi connectivity index (χ4v) is 2.11. The third-order valence-corrected chi connectivity index (χ3v) is 3.11. The average molecular weight is 270 g/mol. The van der Waals surface area contributed by atoms with Crippen molar-refractivity contribution < 1.29 is 9.53 Å². The highest BCUT2D eigenvalue weighted by Crippen LogP contribution is 2.22. The molecular weight excluding hydrogens is 248 g/mol. The molecule has 1 aliphatic rings. The summed E-state index contributed by atoms with van der Waals surface area (Å²) in [6.07, 6.45) is 2.88. The van der Waals surface area contributed by atoms with E-state index in [1.165, 1.54) is 0 Å². The predicted molar refractivity (Wildman–Crippen MR) is 75.0 cm³/mol. The molecular formula is C13H22N2O2S. The van der Waals surface area contributed by atoms with Crippen LogP contribution in [0.4, 0.5) is 4.79 Å². The Bertz CT molecular complexity index is 324. The standard InChI is InChI=1S/C13H22N2O2S/c1-13(2,3)17-12(16)15-8-5-11(6-9-15)4-7-14-10-18/h11H,4-9H2,1-3H3. The first-order valence-corrected chi connectivity index (χ1v) is 6.85. The Morgan fingerprint density at radius 1 is 1.44 bits per heavy atom. The van der Waals surface area contributed by atoms with E-state index in [2.05, 4.69) is 22.4 Å². The lowest BCUT2D eigenvalue weighted by Crippen LogP contribution is -2.41. The number of piperidine rings is 1. The number of hydrogen-bond donors (Lipinski definition) is 0. The summed E-state index contributed by atoms with van der Waals surface area (Å²) in [7, 11) is 0. The summed E-state index contributed by atoms with van der Waals surface area (Å²) in [6, 6.07) is 0. The van der Waals surface area contributed by atoms with Crippen molar-refractivity contribution in [3.63, 3.8) is 0 Å². The Balaban J connectivity index is 2.30. The third-order valence-electron chi connectivity index (χ3n) is 2.98. The Hall–Kier alpha value is -0.930. The number of thiocarbonyl (C=S) groups is 1. The number of aliphatic imine (C=N–C) groups is 1. The number of carbonyl (C=O) groups excluding carboxylic acids is 1. The second-order valence-electron chi connectivity index (χ2n) is 5.67. The second-order valence-corrected chi connectivity index (χ2v) is 5.86. The van der Waals surface area contributed by atoms with Crippen LogP contribution in [-0.2, 0) is 4.74 Å². The van der Waals surface area contributed by atoms with E-state index in [9.17, 15) is 4.79 Å². The zero-order chi connectivity index (χ0) is 13.6. The molecule has 0 atom stereocenters. The van der Waals surface area contributed by atoms with Gasteiger partial charge in [0.15, 0.2) is 0 Å². The summed E-state index contributed by atoms with van der Waals surface area (Å²) in [5.74, 6) is 0.635. The van der Waals surface area contributed by atoms with Gasteiger partial charge in [0, 0.05) is 19.6 Å². The van der Waals surface area contributed by atoms with E-state index in [0.717, 1.165) is 38.9 Å². The number of isothiocyanates is 1. The molecule has 4 nitrogen and oxygen atoms in total. The molecule has 0 spiro atoms. The number of carbonyl (C=O) groups is 1. The maximum atomic E-state index is 11.8. The van der Waals surface area contributed by atoms with Gasteiger partial charge in [-0.05, 0) is 58.2 Å². The number of rotatable bonds is 3. The van der Waals surface area contributed by atoms with Crippen LogP contribution >= 0.6 is 12.2 Å². The molecule has 0 aliphatic carbocycles. The van der Waals surface area contributed by atoms with Gasteiger partial charge in [-0.2, -0.15) is 0 Å². The molecule has 0 radical (unpaired) electrons. The first-order chi connectivity index (χ1) is 8.42. The SMILES string of the molecule is CC(C)(C)OC(=O)N1CCC(CCN=C=S)CC1. The van der Waals surface area contributed by atoms with Gasteiger partial charge in [-0.1, -0.05) is 0 Å². The van der Waals surface area contributed by atoms with Crippen LogP contribution in [0, 0.1) is 5.92 Å². The van der Waals surface area contributed by atoms with Crippen molar-refractivity contribution in [3.8, 4) is 0 Å². The summed E-state index contributed by atoms with van der Waals surface area (Å²) < 4.78 is 5.36. The maximum absolute atomic E-state index is 11.8. The van der Waals surface area contributed by atoms with E-state index in [1.807, 2.05) is 20.8 Å². The minimum atomic E-state index is -0.415. The lowest BCUT2D eigenvalue weighted by Gasteiger charge is -2.33. The number of ether oxygens (including phenoxy) is 1. The molecule has 18 heavy (non-hydrogen) atoms. The van der Waals surface area contributed by atoms with E-state index in [0.29, 0.717) is 5.92 Å². The summed E-state index contributed by atoms with van der Waals surface area (Å²) in [6.45, 7) is 7.98. The van der Waals surface area contributed by atoms with Crippen molar-refractivity contribution in [1.82, 2.24) is 4.90 Å². The van der Waals surface area contributed by atoms with Crippen molar-refractivity contribution >= 4 is 23.5 Å². The summed E-state index contributed by atoms with van der Waals surface area (Å²) in [5, 5.41) is 2.38. The minimum absolute atomic E-state index is 0.196. The molecule has 1 fully saturated rings. The van der Waals surface area contributed by atoms with Gasteiger partial charge in [-0.3, -0.25) is 0 Å². The van der Waals surface area contributed by atoms with Crippen LogP contribution in [-0.4, -0.2) is 41.4 Å². The monoisotopic (exact) mass is 270 g/mol. The molecule has 0 unspecified atom stereocenters. The summed E-state index contributed by atoms with van der Waals surface area (Å²) >= 11 is 4.54. The van der Waals surface area contributed by atoms with Crippen LogP contribution < -0.4 is 0 Å². The van der Waals surface area contributed by atoms with E-state index >= 15 is 0 Å². The van der Waals surface area contributed by atoms with Crippen LogP contribution in [0.15, 0.2) is 4.99 Å². The lowest BCUT2D eigenvalue weighted by molar-refractivity contribution is 0.0182. The van der Waals surface area contributed by atoms with E-state index in [4.69, 9.17) is 4.74 Å². The molecule has 1 saturated heterocycles. The topological polar surface area (TPSA) is 41.9 Å². The lowest BCUT2D eigenvalue weighted by atomic mass is 9.94. The minimum Gasteiger partial charge on any atom is -0.444 e. The Labute approximate surface area is 114 Å². The first kappa shape index (κ1) is 15.1. The van der Waals surface area contributed by atoms with Gasteiger partial charge in [0.2, 0.25) is 0 Å². The third kappa shape index (κ3) is 5.61. The predicted octanol–water partition coefficient (Wildman–Crippen LogP) is 3.13. The molecule has 0 aromatic carbocycles. The molecule has 5 heteroatoms. The average Bonchev–Trinajstić information content (AvgIpc) is 2.28. The van der Waals surface area contributed by atoms with Crippen LogP contribution in [0.2, 0.25) is 0 Å². The molecule has 0 aromatic rings. The first-order valence-electron chi connectivity index (χ1n) is 6.44. The van der Waals surface area contributed by atoms with E-state index in [-0.39, 0.29) is 6.09 Å². The van der Waals surface area contributed by atoms with E-state index in [1.54, 1.807) is 4.90 Å². The zero-order valence-corrected chi connectivity index (χ0v) is 12.3. The molecule has 102 valence electrons. The highest BCUT2D eigenvalue weighted by Gasteiger charge is 2.26. The Morgan fingerprint density at radius 2 is 2.06 bits per heavy atom. The van der Waals surface area contributed by atoms with Crippen molar-refractivity contribution in [3.05, 3.63) is 0 Å². The van der Waals surface area contributed by atoms with Gasteiger partial charge in [-0.25, -0.2) is 9.79 Å². The normalized spacial score (nSPS) is 17.2. The molecule has 1 aliphatic heterocycles. The van der Waals surface area contributed by atoms with Gasteiger partial charge >= 0.3 is 6.09 Å². The number of amides is 1. The van der Waals surface area contributed by atoms with Gasteiger partial charge < -0.3 is 9.64 Å². The number of hydrogen-bond acceptors (Lipinski definition) is 4. The van der Waals surface area contributed by atoms with Gasteiger partial charge in [0.25, 0.3) is 0 Å². The Morgan fingerprint density at radius 3 is 2.56 bits per heavy atom. The fourth-order valence-electron chi connectivity index (χ4n) is 2.02. The number of nitrogens with zero attached hydrogens (tertiary/aromatic N) is 2. The molecule has 1 heterocycles. The highest BCUT2D eigenvalue weighted by molar-refractivity contribution is 7.78. The van der Waals surface area contributed by atoms with Gasteiger partial charge in [-0.15, -0.1) is 0 Å². The molecule has 1 amide bonds. The molecule has 0 N–H and O–H groups in total. The van der Waals surface area contributed by atoms with Crippen molar-refractivity contribution in [2.24, 2.45) is 10.9 Å². The quantitative estimate of drug-likeness (QED) is 0.584. The van der Waals surface area contributed by atoms with Crippen LogP contribution in [0.25, 0.3) is 0 Å². The van der Waals surface area contributed by atoms with Crippen molar-refractivity contribution in [1.29, 1.82) is 0 Å². The second kappa shape index (κ2) is 6.86. The van der Waals surface area contributed by atoms with Crippen LogP contribution in [0.1, 0.15) is 40.0 Å². The van der Waals surface area contributed by atoms with Crippen molar-refractivity contribution in [2.45, 2.75) is 45.6 Å². The molecule has 1 rings (SSSR count). The van der Waals surface area contributed by atoms with Gasteiger partial charge in [0.1, 0.15) is 5.60 Å². The highest BCUT2D eigenvalue weighted by atomic mass is 32.1. The molecule has 0 aromatic heterocycles. The van der Waals surface area contributed by atoms with Crippen molar-refractivity contribution in [2.75, 3.05) is 19.6 Å². The van der Waals surface area contributed by atoms with Crippen LogP contribution in [0.3, 0.4) is 0 Å². The fraction of sp³-hybridized carbons (Fsp3) is 0.846. The van der Waals surface area contributed by atoms with Crippen LogP contribution in [0.5, 0.6) is 0 Å². The Kier molecular flexibility index (Phi) is 5.76. The maximum Gasteiger partial charge on any atom is 0.410 e. The van der Waals surface area contributed by atoms with E-state index < -0.39 is 5.60 Å². The largest absolute Gasteiger partial charge is 0.444 e.